The summed E-state index contributed by atoms with van der Waals surface area (Å²) in [5.74, 6) is -0.230. The number of esters is 1. The van der Waals surface area contributed by atoms with Gasteiger partial charge in [-0.25, -0.2) is 0 Å². The van der Waals surface area contributed by atoms with E-state index in [1.807, 2.05) is 6.07 Å². The molecule has 0 aliphatic carbocycles. The van der Waals surface area contributed by atoms with Crippen LogP contribution in [-0.2, 0) is 18.9 Å². The fraction of sp³-hybridized carbons (Fsp3) is 0.176. The van der Waals surface area contributed by atoms with Crippen molar-refractivity contribution >= 4 is 21.7 Å². The largest absolute Gasteiger partial charge is 0.427 e. The van der Waals surface area contributed by atoms with Gasteiger partial charge in [0.2, 0.25) is 5.78 Å². The molecule has 1 atom stereocenters. The number of benzene rings is 2. The van der Waals surface area contributed by atoms with Crippen molar-refractivity contribution in [3.8, 4) is 5.75 Å². The smallest absolute Gasteiger partial charge is 0.308 e. The van der Waals surface area contributed by atoms with Crippen molar-refractivity contribution in [3.63, 3.8) is 0 Å². The minimum absolute atomic E-state index is 0.0517. The molecule has 2 rings (SSSR count). The van der Waals surface area contributed by atoms with Crippen molar-refractivity contribution in [1.82, 2.24) is 0 Å². The van der Waals surface area contributed by atoms with Crippen LogP contribution in [0.25, 0.3) is 0 Å². The minimum atomic E-state index is -2.49. The fourth-order valence-corrected chi connectivity index (χ4v) is 3.55. The summed E-state index contributed by atoms with van der Waals surface area (Å²) in [5, 5.41) is 0. The first-order chi connectivity index (χ1) is 10.4. The number of hydrogen-bond acceptors (Lipinski definition) is 4. The second-order valence-corrected chi connectivity index (χ2v) is 7.77. The second kappa shape index (κ2) is 6.66. The van der Waals surface area contributed by atoms with Crippen LogP contribution in [0.2, 0.25) is 0 Å². The summed E-state index contributed by atoms with van der Waals surface area (Å²) in [7, 11) is -2.49. The average molecular weight is 317 g/mol. The standard InChI is InChI=1S/C17H17O4S/c1-13(18)21-15-8-10-16(11-9-15)22(2,20)12-17(19)14-6-4-3-5-7-14/h3-11H,12H2,1-2H3/q+1. The number of ether oxygens (including phenoxy) is 1. The molecule has 0 aliphatic rings. The first kappa shape index (κ1) is 16.1. The molecule has 2 aromatic rings. The lowest BCUT2D eigenvalue weighted by atomic mass is 10.2. The predicted octanol–water partition coefficient (Wildman–Crippen LogP) is 2.98. The highest BCUT2D eigenvalue weighted by atomic mass is 32.2. The van der Waals surface area contributed by atoms with E-state index < -0.39 is 15.9 Å². The molecular weight excluding hydrogens is 300 g/mol. The molecule has 0 fully saturated rings. The summed E-state index contributed by atoms with van der Waals surface area (Å²) >= 11 is 0. The lowest BCUT2D eigenvalue weighted by molar-refractivity contribution is -0.131. The molecule has 0 bridgehead atoms. The fourth-order valence-electron chi connectivity index (χ4n) is 2.00. The Kier molecular flexibility index (Phi) is 4.88. The van der Waals surface area contributed by atoms with E-state index >= 15 is 0 Å². The summed E-state index contributed by atoms with van der Waals surface area (Å²) in [6.07, 6.45) is 1.56. The summed E-state index contributed by atoms with van der Waals surface area (Å²) in [4.78, 5) is 23.6. The van der Waals surface area contributed by atoms with E-state index in [4.69, 9.17) is 4.74 Å². The quantitative estimate of drug-likeness (QED) is 0.368. The third kappa shape index (κ3) is 4.11. The number of ketones is 1. The van der Waals surface area contributed by atoms with Crippen LogP contribution < -0.4 is 4.74 Å². The van der Waals surface area contributed by atoms with E-state index in [0.717, 1.165) is 0 Å². The number of Topliss-reactive ketones (excluding diaryl/α,β-unsaturated/α-hetero) is 1. The van der Waals surface area contributed by atoms with Crippen molar-refractivity contribution in [2.45, 2.75) is 11.8 Å². The molecule has 0 radical (unpaired) electrons. The molecule has 22 heavy (non-hydrogen) atoms. The molecule has 114 valence electrons. The van der Waals surface area contributed by atoms with Crippen molar-refractivity contribution < 1.29 is 18.5 Å². The number of carbonyl (C=O) groups excluding carboxylic acids is 2. The average Bonchev–Trinajstić information content (AvgIpc) is 2.47. The van der Waals surface area contributed by atoms with Crippen LogP contribution in [0, 0.1) is 0 Å². The highest BCUT2D eigenvalue weighted by molar-refractivity contribution is 8.03. The van der Waals surface area contributed by atoms with E-state index in [1.54, 1.807) is 54.8 Å². The molecule has 0 N–H and O–H groups in total. The first-order valence-corrected chi connectivity index (χ1v) is 8.86. The van der Waals surface area contributed by atoms with Gasteiger partial charge in [-0.1, -0.05) is 34.5 Å². The molecular formula is C17H17O4S+. The van der Waals surface area contributed by atoms with Crippen LogP contribution in [-0.4, -0.2) is 23.8 Å². The van der Waals surface area contributed by atoms with Gasteiger partial charge in [0.15, 0.2) is 10.6 Å². The van der Waals surface area contributed by atoms with Crippen LogP contribution >= 0.6 is 0 Å². The minimum Gasteiger partial charge on any atom is -0.427 e. The SMILES string of the molecule is CC(=O)Oc1ccc([S+](C)(=O)CC(=O)c2ccccc2)cc1. The molecule has 0 saturated carbocycles. The van der Waals surface area contributed by atoms with Gasteiger partial charge in [-0.15, -0.1) is 0 Å². The maximum Gasteiger partial charge on any atom is 0.308 e. The second-order valence-electron chi connectivity index (χ2n) is 5.00. The summed E-state index contributed by atoms with van der Waals surface area (Å²) in [6.45, 7) is 1.31. The highest BCUT2D eigenvalue weighted by Gasteiger charge is 2.29. The lowest BCUT2D eigenvalue weighted by Gasteiger charge is -2.07. The van der Waals surface area contributed by atoms with Gasteiger partial charge in [-0.3, -0.25) is 9.59 Å². The van der Waals surface area contributed by atoms with Crippen LogP contribution in [0.1, 0.15) is 17.3 Å². The van der Waals surface area contributed by atoms with Gasteiger partial charge in [0, 0.05) is 12.5 Å². The maximum atomic E-state index is 12.8. The Balaban J connectivity index is 2.14. The van der Waals surface area contributed by atoms with Crippen LogP contribution in [0.4, 0.5) is 0 Å². The molecule has 0 saturated heterocycles. The van der Waals surface area contributed by atoms with Gasteiger partial charge >= 0.3 is 5.97 Å². The third-order valence-corrected chi connectivity index (χ3v) is 5.17. The number of rotatable bonds is 5. The Morgan fingerprint density at radius 3 is 2.14 bits per heavy atom. The molecule has 2 aromatic carbocycles. The molecule has 5 heteroatoms. The number of hydrogen-bond donors (Lipinski definition) is 0. The summed E-state index contributed by atoms with van der Waals surface area (Å²) in [5.41, 5.74) is 0.550. The van der Waals surface area contributed by atoms with Gasteiger partial charge < -0.3 is 4.74 Å². The Hall–Kier alpha value is -2.27. The Morgan fingerprint density at radius 1 is 1.00 bits per heavy atom. The van der Waals surface area contributed by atoms with Crippen molar-refractivity contribution in [3.05, 3.63) is 60.2 Å². The maximum absolute atomic E-state index is 12.8. The normalized spacial score (nSPS) is 13.2. The van der Waals surface area contributed by atoms with E-state index in [-0.39, 0.29) is 11.5 Å². The molecule has 0 amide bonds. The Morgan fingerprint density at radius 2 is 1.59 bits per heavy atom. The topological polar surface area (TPSA) is 60.4 Å². The summed E-state index contributed by atoms with van der Waals surface area (Å²) < 4.78 is 17.7. The zero-order chi connectivity index (χ0) is 16.2. The molecule has 0 aliphatic heterocycles. The first-order valence-electron chi connectivity index (χ1n) is 6.72. The molecule has 1 unspecified atom stereocenters. The lowest BCUT2D eigenvalue weighted by Crippen LogP contribution is -2.21. The van der Waals surface area contributed by atoms with Crippen molar-refractivity contribution in [1.29, 1.82) is 0 Å². The third-order valence-electron chi connectivity index (χ3n) is 3.09. The van der Waals surface area contributed by atoms with Gasteiger partial charge in [-0.2, -0.15) is 0 Å². The Labute approximate surface area is 130 Å². The Bertz CT molecular complexity index is 720. The predicted molar refractivity (Wildman–Crippen MR) is 85.6 cm³/mol. The van der Waals surface area contributed by atoms with Crippen molar-refractivity contribution in [2.75, 3.05) is 12.0 Å². The van der Waals surface area contributed by atoms with Gasteiger partial charge in [0.25, 0.3) is 0 Å². The number of carbonyl (C=O) groups is 2. The van der Waals surface area contributed by atoms with Crippen LogP contribution in [0.5, 0.6) is 5.75 Å². The highest BCUT2D eigenvalue weighted by Crippen LogP contribution is 2.22. The van der Waals surface area contributed by atoms with E-state index in [1.165, 1.54) is 6.92 Å². The molecule has 4 nitrogen and oxygen atoms in total. The summed E-state index contributed by atoms with van der Waals surface area (Å²) in [6, 6.07) is 15.2. The van der Waals surface area contributed by atoms with Gasteiger partial charge in [0.05, 0.1) is 0 Å². The van der Waals surface area contributed by atoms with Crippen LogP contribution in [0.3, 0.4) is 0 Å². The molecule has 0 heterocycles. The van der Waals surface area contributed by atoms with E-state index in [2.05, 4.69) is 0 Å². The van der Waals surface area contributed by atoms with Crippen molar-refractivity contribution in [2.24, 2.45) is 0 Å². The van der Waals surface area contributed by atoms with E-state index in [0.29, 0.717) is 16.2 Å². The van der Waals surface area contributed by atoms with Gasteiger partial charge in [-0.05, 0) is 24.3 Å². The molecule has 0 spiro atoms. The zero-order valence-electron chi connectivity index (χ0n) is 12.4. The van der Waals surface area contributed by atoms with Gasteiger partial charge in [0.1, 0.15) is 21.9 Å². The zero-order valence-corrected chi connectivity index (χ0v) is 13.3. The molecule has 0 aromatic heterocycles. The van der Waals surface area contributed by atoms with Crippen LogP contribution in [0.15, 0.2) is 59.5 Å². The van der Waals surface area contributed by atoms with E-state index in [9.17, 15) is 13.8 Å². The monoisotopic (exact) mass is 317 g/mol.